The van der Waals surface area contributed by atoms with Crippen LogP contribution in [0, 0.1) is 0 Å². The molecule has 0 bridgehead atoms. The van der Waals surface area contributed by atoms with Crippen molar-refractivity contribution in [3.63, 3.8) is 0 Å². The molecule has 5 nitrogen and oxygen atoms in total. The van der Waals surface area contributed by atoms with Gasteiger partial charge in [0.15, 0.2) is 5.76 Å². The molecule has 0 saturated heterocycles. The minimum absolute atomic E-state index is 0.701. The van der Waals surface area contributed by atoms with E-state index in [2.05, 4.69) is 28.9 Å². The third-order valence-electron chi connectivity index (χ3n) is 2.54. The van der Waals surface area contributed by atoms with Crippen LogP contribution in [0.2, 0.25) is 0 Å². The molecule has 0 aromatic carbocycles. The van der Waals surface area contributed by atoms with Crippen molar-refractivity contribution < 1.29 is 9.26 Å². The zero-order valence-electron chi connectivity index (χ0n) is 11.3. The fraction of sp³-hybridized carbons (Fsp3) is 0.615. The van der Waals surface area contributed by atoms with Gasteiger partial charge in [-0.3, -0.25) is 4.90 Å². The summed E-state index contributed by atoms with van der Waals surface area (Å²) in [6, 6.07) is 1.99. The van der Waals surface area contributed by atoms with Gasteiger partial charge >= 0.3 is 0 Å². The molecule has 1 N–H and O–H groups in total. The van der Waals surface area contributed by atoms with E-state index in [1.165, 1.54) is 0 Å². The van der Waals surface area contributed by atoms with Crippen LogP contribution in [-0.2, 0) is 17.8 Å². The first-order chi connectivity index (χ1) is 8.80. The molecule has 1 rings (SSSR count). The summed E-state index contributed by atoms with van der Waals surface area (Å²) in [5, 5.41) is 7.24. The van der Waals surface area contributed by atoms with Crippen LogP contribution < -0.4 is 5.32 Å². The number of hydrogen-bond donors (Lipinski definition) is 1. The molecule has 1 aromatic rings. The number of rotatable bonds is 10. The van der Waals surface area contributed by atoms with E-state index in [0.29, 0.717) is 6.61 Å². The van der Waals surface area contributed by atoms with E-state index in [-0.39, 0.29) is 0 Å². The summed E-state index contributed by atoms with van der Waals surface area (Å²) >= 11 is 0. The predicted octanol–water partition coefficient (Wildman–Crippen LogP) is 1.42. The largest absolute Gasteiger partial charge is 0.383 e. The average molecular weight is 253 g/mol. The Morgan fingerprint density at radius 2 is 2.44 bits per heavy atom. The molecular formula is C13H23N3O2. The monoisotopic (exact) mass is 253 g/mol. The molecule has 0 aliphatic rings. The van der Waals surface area contributed by atoms with Crippen molar-refractivity contribution in [1.29, 1.82) is 0 Å². The van der Waals surface area contributed by atoms with Gasteiger partial charge in [0.1, 0.15) is 0 Å². The highest BCUT2D eigenvalue weighted by atomic mass is 16.5. The van der Waals surface area contributed by atoms with Crippen molar-refractivity contribution >= 4 is 0 Å². The second-order valence-electron chi connectivity index (χ2n) is 4.08. The third kappa shape index (κ3) is 5.44. The predicted molar refractivity (Wildman–Crippen MR) is 71.2 cm³/mol. The second-order valence-corrected chi connectivity index (χ2v) is 4.08. The Morgan fingerprint density at radius 3 is 3.11 bits per heavy atom. The Balaban J connectivity index is 2.46. The first-order valence-electron chi connectivity index (χ1n) is 6.27. The van der Waals surface area contributed by atoms with Crippen LogP contribution in [0.1, 0.15) is 18.4 Å². The first kappa shape index (κ1) is 14.9. The minimum Gasteiger partial charge on any atom is -0.383 e. The number of methoxy groups -OCH3 is 1. The van der Waals surface area contributed by atoms with Gasteiger partial charge in [0.05, 0.1) is 18.8 Å². The zero-order valence-corrected chi connectivity index (χ0v) is 11.3. The lowest BCUT2D eigenvalue weighted by Crippen LogP contribution is -2.26. The fourth-order valence-corrected chi connectivity index (χ4v) is 1.62. The van der Waals surface area contributed by atoms with E-state index in [1.54, 1.807) is 7.11 Å². The molecule has 18 heavy (non-hydrogen) atoms. The summed E-state index contributed by atoms with van der Waals surface area (Å²) < 4.78 is 10.4. The molecule has 1 aromatic heterocycles. The van der Waals surface area contributed by atoms with Gasteiger partial charge in [-0.2, -0.15) is 0 Å². The Morgan fingerprint density at radius 1 is 1.61 bits per heavy atom. The van der Waals surface area contributed by atoms with Crippen molar-refractivity contribution in [2.24, 2.45) is 0 Å². The molecule has 0 spiro atoms. The zero-order chi connectivity index (χ0) is 13.2. The first-order valence-corrected chi connectivity index (χ1v) is 6.27. The van der Waals surface area contributed by atoms with Crippen LogP contribution in [0.5, 0.6) is 0 Å². The van der Waals surface area contributed by atoms with E-state index in [1.807, 2.05) is 12.1 Å². The Labute approximate surface area is 109 Å². The van der Waals surface area contributed by atoms with Gasteiger partial charge in [-0.05, 0) is 6.54 Å². The van der Waals surface area contributed by atoms with E-state index in [9.17, 15) is 0 Å². The normalized spacial score (nSPS) is 11.1. The lowest BCUT2D eigenvalue weighted by Gasteiger charge is -2.18. The topological polar surface area (TPSA) is 50.5 Å². The maximum Gasteiger partial charge on any atom is 0.151 e. The van der Waals surface area contributed by atoms with Crippen LogP contribution in [0.3, 0.4) is 0 Å². The van der Waals surface area contributed by atoms with Gasteiger partial charge in [-0.25, -0.2) is 0 Å². The molecule has 0 amide bonds. The van der Waals surface area contributed by atoms with Crippen molar-refractivity contribution in [1.82, 2.24) is 15.4 Å². The maximum absolute atomic E-state index is 5.31. The lowest BCUT2D eigenvalue weighted by atomic mass is 10.3. The van der Waals surface area contributed by atoms with E-state index >= 15 is 0 Å². The van der Waals surface area contributed by atoms with E-state index in [0.717, 1.165) is 44.2 Å². The summed E-state index contributed by atoms with van der Waals surface area (Å²) in [5.41, 5.74) is 0.942. The molecule has 0 saturated carbocycles. The fourth-order valence-electron chi connectivity index (χ4n) is 1.62. The third-order valence-corrected chi connectivity index (χ3v) is 2.54. The average Bonchev–Trinajstić information content (AvgIpc) is 2.81. The number of nitrogens with one attached hydrogen (secondary N) is 1. The summed E-state index contributed by atoms with van der Waals surface area (Å²) in [6.45, 7) is 10.6. The van der Waals surface area contributed by atoms with Crippen molar-refractivity contribution in [2.75, 3.05) is 33.4 Å². The summed E-state index contributed by atoms with van der Waals surface area (Å²) in [6.07, 6.45) is 1.88. The molecule has 102 valence electrons. The number of hydrogen-bond acceptors (Lipinski definition) is 5. The van der Waals surface area contributed by atoms with Gasteiger partial charge in [0.2, 0.25) is 0 Å². The van der Waals surface area contributed by atoms with Gasteiger partial charge in [0.25, 0.3) is 0 Å². The van der Waals surface area contributed by atoms with Crippen LogP contribution in [0.4, 0.5) is 0 Å². The highest BCUT2D eigenvalue weighted by molar-refractivity contribution is 5.05. The smallest absolute Gasteiger partial charge is 0.151 e. The maximum atomic E-state index is 5.31. The van der Waals surface area contributed by atoms with Gasteiger partial charge < -0.3 is 14.6 Å². The molecule has 1 heterocycles. The highest BCUT2D eigenvalue weighted by Gasteiger charge is 2.09. The number of nitrogens with zero attached hydrogens (tertiary/aromatic N) is 2. The molecule has 0 fully saturated rings. The van der Waals surface area contributed by atoms with Crippen LogP contribution in [0.25, 0.3) is 0 Å². The van der Waals surface area contributed by atoms with Gasteiger partial charge in [-0.1, -0.05) is 18.2 Å². The minimum atomic E-state index is 0.701. The van der Waals surface area contributed by atoms with Gasteiger partial charge in [0, 0.05) is 32.8 Å². The van der Waals surface area contributed by atoms with Gasteiger partial charge in [-0.15, -0.1) is 6.58 Å². The quantitative estimate of drug-likeness (QED) is 0.639. The number of ether oxygens (including phenoxy) is 1. The Bertz CT molecular complexity index is 339. The molecule has 0 atom stereocenters. The van der Waals surface area contributed by atoms with Crippen LogP contribution >= 0.6 is 0 Å². The SMILES string of the molecule is C=CCN(CCOC)Cc1cc(CNCC)no1. The molecular weight excluding hydrogens is 230 g/mol. The lowest BCUT2D eigenvalue weighted by molar-refractivity contribution is 0.144. The summed E-state index contributed by atoms with van der Waals surface area (Å²) in [4.78, 5) is 2.20. The molecule has 0 aliphatic heterocycles. The standard InChI is InChI=1S/C13H23N3O2/c1-4-6-16(7-8-17-3)11-13-9-12(15-18-13)10-14-5-2/h4,9,14H,1,5-8,10-11H2,2-3H3. The van der Waals surface area contributed by atoms with E-state index < -0.39 is 0 Å². The van der Waals surface area contributed by atoms with Crippen molar-refractivity contribution in [3.05, 3.63) is 30.2 Å². The van der Waals surface area contributed by atoms with Crippen LogP contribution in [0.15, 0.2) is 23.2 Å². The summed E-state index contributed by atoms with van der Waals surface area (Å²) in [5.74, 6) is 0.876. The van der Waals surface area contributed by atoms with E-state index in [4.69, 9.17) is 9.26 Å². The molecule has 0 unspecified atom stereocenters. The Hall–Kier alpha value is -1.17. The van der Waals surface area contributed by atoms with Crippen LogP contribution in [-0.4, -0.2) is 43.4 Å². The molecule has 5 heteroatoms. The second kappa shape index (κ2) is 8.85. The molecule has 0 radical (unpaired) electrons. The molecule has 0 aliphatic carbocycles. The Kier molecular flexibility index (Phi) is 7.32. The van der Waals surface area contributed by atoms with Crippen molar-refractivity contribution in [3.8, 4) is 0 Å². The number of aromatic nitrogens is 1. The highest BCUT2D eigenvalue weighted by Crippen LogP contribution is 2.07. The van der Waals surface area contributed by atoms with Crippen molar-refractivity contribution in [2.45, 2.75) is 20.0 Å². The summed E-state index contributed by atoms with van der Waals surface area (Å²) in [7, 11) is 1.70.